The summed E-state index contributed by atoms with van der Waals surface area (Å²) in [5.74, 6) is 1.75. The smallest absolute Gasteiger partial charge is 0.00954 e. The maximum atomic E-state index is 2.79. The van der Waals surface area contributed by atoms with Crippen molar-refractivity contribution in [2.45, 2.75) is 85.2 Å². The average Bonchev–Trinajstić information content (AvgIpc) is 2.43. The van der Waals surface area contributed by atoms with Crippen LogP contribution in [0, 0.1) is 11.8 Å². The van der Waals surface area contributed by atoms with Gasteiger partial charge in [0.25, 0.3) is 0 Å². The third-order valence-electron chi connectivity index (χ3n) is 4.78. The van der Waals surface area contributed by atoms with Gasteiger partial charge in [0.1, 0.15) is 0 Å². The first kappa shape index (κ1) is 15.0. The first-order valence-electron chi connectivity index (χ1n) is 7.82. The summed E-state index contributed by atoms with van der Waals surface area (Å²) in [6.45, 7) is 13.4. The highest BCUT2D eigenvalue weighted by Gasteiger charge is 2.28. The molecular formula is C16H33N. The molecule has 17 heavy (non-hydrogen) atoms. The molecule has 0 aromatic rings. The van der Waals surface area contributed by atoms with Crippen LogP contribution in [0.25, 0.3) is 0 Å². The number of hydrogen-bond acceptors (Lipinski definition) is 1. The Morgan fingerprint density at radius 1 is 1.12 bits per heavy atom. The van der Waals surface area contributed by atoms with E-state index in [1.165, 1.54) is 45.1 Å². The molecule has 1 rings (SSSR count). The van der Waals surface area contributed by atoms with E-state index >= 15 is 0 Å². The minimum Gasteiger partial charge on any atom is -0.297 e. The number of likely N-dealkylation sites (tertiary alicyclic amines) is 1. The van der Waals surface area contributed by atoms with Gasteiger partial charge in [0.15, 0.2) is 0 Å². The summed E-state index contributed by atoms with van der Waals surface area (Å²) < 4.78 is 0. The SMILES string of the molecule is CCCCCC(C)N1CC(C)CCC(C)C1C. The third kappa shape index (κ3) is 4.62. The maximum Gasteiger partial charge on any atom is 0.00954 e. The molecule has 0 spiro atoms. The number of rotatable bonds is 5. The van der Waals surface area contributed by atoms with Crippen LogP contribution in [0.1, 0.15) is 73.1 Å². The Morgan fingerprint density at radius 2 is 1.82 bits per heavy atom. The van der Waals surface area contributed by atoms with Crippen molar-refractivity contribution in [3.05, 3.63) is 0 Å². The molecule has 0 saturated carbocycles. The van der Waals surface area contributed by atoms with E-state index in [2.05, 4.69) is 39.5 Å². The van der Waals surface area contributed by atoms with Crippen molar-refractivity contribution >= 4 is 0 Å². The zero-order chi connectivity index (χ0) is 12.8. The zero-order valence-electron chi connectivity index (χ0n) is 12.7. The lowest BCUT2D eigenvalue weighted by Gasteiger charge is -2.36. The molecule has 1 fully saturated rings. The molecule has 1 saturated heterocycles. The van der Waals surface area contributed by atoms with Crippen LogP contribution in [-0.2, 0) is 0 Å². The lowest BCUT2D eigenvalue weighted by Crippen LogP contribution is -2.43. The number of unbranched alkanes of at least 4 members (excludes halogenated alkanes) is 2. The van der Waals surface area contributed by atoms with E-state index in [0.717, 1.165) is 23.9 Å². The fraction of sp³-hybridized carbons (Fsp3) is 1.00. The molecule has 1 heterocycles. The van der Waals surface area contributed by atoms with Crippen LogP contribution in [0.4, 0.5) is 0 Å². The molecule has 0 amide bonds. The summed E-state index contributed by atoms with van der Waals surface area (Å²) >= 11 is 0. The average molecular weight is 239 g/mol. The summed E-state index contributed by atoms with van der Waals surface area (Å²) in [6, 6.07) is 1.55. The molecule has 0 bridgehead atoms. The summed E-state index contributed by atoms with van der Waals surface area (Å²) in [5.41, 5.74) is 0. The van der Waals surface area contributed by atoms with Crippen LogP contribution in [0.3, 0.4) is 0 Å². The predicted molar refractivity (Wildman–Crippen MR) is 77.3 cm³/mol. The second-order valence-corrected chi connectivity index (χ2v) is 6.44. The van der Waals surface area contributed by atoms with Gasteiger partial charge in [-0.1, -0.05) is 40.0 Å². The number of hydrogen-bond donors (Lipinski definition) is 0. The van der Waals surface area contributed by atoms with Gasteiger partial charge >= 0.3 is 0 Å². The van der Waals surface area contributed by atoms with E-state index in [-0.39, 0.29) is 0 Å². The minimum atomic E-state index is 0.775. The molecule has 1 heteroatoms. The highest BCUT2D eigenvalue weighted by molar-refractivity contribution is 4.82. The normalized spacial score (nSPS) is 33.4. The van der Waals surface area contributed by atoms with Gasteiger partial charge < -0.3 is 0 Å². The van der Waals surface area contributed by atoms with Crippen molar-refractivity contribution in [3.8, 4) is 0 Å². The molecular weight excluding hydrogens is 206 g/mol. The van der Waals surface area contributed by atoms with Crippen LogP contribution in [0.2, 0.25) is 0 Å². The fourth-order valence-electron chi connectivity index (χ4n) is 3.17. The highest BCUT2D eigenvalue weighted by Crippen LogP contribution is 2.28. The molecule has 0 radical (unpaired) electrons. The monoisotopic (exact) mass is 239 g/mol. The van der Waals surface area contributed by atoms with Gasteiger partial charge in [-0.15, -0.1) is 0 Å². The molecule has 1 aliphatic rings. The Morgan fingerprint density at radius 3 is 2.47 bits per heavy atom. The maximum absolute atomic E-state index is 2.79. The minimum absolute atomic E-state index is 0.775. The van der Waals surface area contributed by atoms with Crippen molar-refractivity contribution in [1.82, 2.24) is 4.90 Å². The molecule has 1 aliphatic heterocycles. The molecule has 0 N–H and O–H groups in total. The van der Waals surface area contributed by atoms with Gasteiger partial charge in [0.05, 0.1) is 0 Å². The zero-order valence-corrected chi connectivity index (χ0v) is 12.7. The van der Waals surface area contributed by atoms with E-state index < -0.39 is 0 Å². The second-order valence-electron chi connectivity index (χ2n) is 6.44. The van der Waals surface area contributed by atoms with E-state index in [0.29, 0.717) is 0 Å². The Labute approximate surface area is 109 Å². The summed E-state index contributed by atoms with van der Waals surface area (Å²) in [6.07, 6.45) is 8.37. The lowest BCUT2D eigenvalue weighted by molar-refractivity contribution is 0.111. The van der Waals surface area contributed by atoms with Gasteiger partial charge in [0, 0.05) is 18.6 Å². The Balaban J connectivity index is 2.51. The van der Waals surface area contributed by atoms with Crippen molar-refractivity contribution in [1.29, 1.82) is 0 Å². The van der Waals surface area contributed by atoms with Crippen LogP contribution in [0.5, 0.6) is 0 Å². The summed E-state index contributed by atoms with van der Waals surface area (Å²) in [5, 5.41) is 0. The molecule has 0 aromatic carbocycles. The Hall–Kier alpha value is -0.0400. The topological polar surface area (TPSA) is 3.24 Å². The van der Waals surface area contributed by atoms with Crippen molar-refractivity contribution in [2.75, 3.05) is 6.54 Å². The van der Waals surface area contributed by atoms with E-state index in [4.69, 9.17) is 0 Å². The predicted octanol–water partition coefficient (Wildman–Crippen LogP) is 4.71. The Bertz CT molecular complexity index is 202. The molecule has 4 unspecified atom stereocenters. The first-order chi connectivity index (χ1) is 8.06. The van der Waals surface area contributed by atoms with Crippen LogP contribution in [-0.4, -0.2) is 23.5 Å². The molecule has 0 aliphatic carbocycles. The standard InChI is InChI=1S/C16H33N/c1-6-7-8-9-15(4)17-12-13(2)10-11-14(3)16(17)5/h13-16H,6-12H2,1-5H3. The highest BCUT2D eigenvalue weighted by atomic mass is 15.2. The van der Waals surface area contributed by atoms with Gasteiger partial charge in [-0.3, -0.25) is 4.90 Å². The largest absolute Gasteiger partial charge is 0.297 e. The molecule has 102 valence electrons. The van der Waals surface area contributed by atoms with Gasteiger partial charge in [-0.2, -0.15) is 0 Å². The van der Waals surface area contributed by atoms with E-state index in [1.807, 2.05) is 0 Å². The summed E-state index contributed by atoms with van der Waals surface area (Å²) in [4.78, 5) is 2.79. The van der Waals surface area contributed by atoms with Crippen LogP contribution >= 0.6 is 0 Å². The first-order valence-corrected chi connectivity index (χ1v) is 7.82. The van der Waals surface area contributed by atoms with Crippen molar-refractivity contribution in [2.24, 2.45) is 11.8 Å². The van der Waals surface area contributed by atoms with Crippen molar-refractivity contribution in [3.63, 3.8) is 0 Å². The molecule has 0 aromatic heterocycles. The number of nitrogens with zero attached hydrogens (tertiary/aromatic N) is 1. The van der Waals surface area contributed by atoms with Crippen LogP contribution in [0.15, 0.2) is 0 Å². The summed E-state index contributed by atoms with van der Waals surface area (Å²) in [7, 11) is 0. The Kier molecular flexibility index (Phi) is 6.54. The van der Waals surface area contributed by atoms with Crippen LogP contribution < -0.4 is 0 Å². The van der Waals surface area contributed by atoms with Gasteiger partial charge in [-0.05, 0) is 44.9 Å². The molecule has 1 nitrogen and oxygen atoms in total. The quantitative estimate of drug-likeness (QED) is 0.628. The fourth-order valence-corrected chi connectivity index (χ4v) is 3.17. The second kappa shape index (κ2) is 7.41. The lowest BCUT2D eigenvalue weighted by atomic mass is 9.96. The third-order valence-corrected chi connectivity index (χ3v) is 4.78. The molecule has 4 atom stereocenters. The van der Waals surface area contributed by atoms with E-state index in [1.54, 1.807) is 0 Å². The van der Waals surface area contributed by atoms with E-state index in [9.17, 15) is 0 Å². The van der Waals surface area contributed by atoms with Gasteiger partial charge in [0.2, 0.25) is 0 Å². The van der Waals surface area contributed by atoms with Crippen molar-refractivity contribution < 1.29 is 0 Å². The van der Waals surface area contributed by atoms with Gasteiger partial charge in [-0.25, -0.2) is 0 Å².